The number of rotatable bonds is 4. The van der Waals surface area contributed by atoms with Crippen LogP contribution >= 0.6 is 0 Å². The topological polar surface area (TPSA) is 70.7 Å². The highest BCUT2D eigenvalue weighted by molar-refractivity contribution is 6.02. The van der Waals surface area contributed by atoms with Crippen LogP contribution in [-0.4, -0.2) is 25.1 Å². The van der Waals surface area contributed by atoms with Gasteiger partial charge in [-0.25, -0.2) is 9.18 Å². The molecule has 6 nitrogen and oxygen atoms in total. The molecule has 0 unspecified atom stereocenters. The Hall–Kier alpha value is -3.09. The van der Waals surface area contributed by atoms with Gasteiger partial charge in [-0.1, -0.05) is 26.0 Å². The number of nitrogens with zero attached hydrogens (tertiary/aromatic N) is 1. The standard InChI is InChI=1S/C22H26FN3O3/c1-14(2)12-26-18-11-15(9-10-19(18)29-13-22(3,4)20(26)27)24-21(28)25-17-8-6-5-7-16(17)23/h5-11,14H,12-13H2,1-4H3,(H2,24,25,28). The molecule has 7 heteroatoms. The molecule has 3 amide bonds. The quantitative estimate of drug-likeness (QED) is 0.770. The zero-order valence-corrected chi connectivity index (χ0v) is 17.1. The van der Waals surface area contributed by atoms with Crippen LogP contribution in [0.15, 0.2) is 42.5 Å². The lowest BCUT2D eigenvalue weighted by Crippen LogP contribution is -2.43. The van der Waals surface area contributed by atoms with Gasteiger partial charge in [0.15, 0.2) is 0 Å². The zero-order chi connectivity index (χ0) is 21.2. The number of carbonyl (C=O) groups is 2. The number of fused-ring (bicyclic) bond motifs is 1. The predicted molar refractivity (Wildman–Crippen MR) is 112 cm³/mol. The van der Waals surface area contributed by atoms with Crippen LogP contribution < -0.4 is 20.3 Å². The van der Waals surface area contributed by atoms with Crippen molar-refractivity contribution < 1.29 is 18.7 Å². The minimum atomic E-state index is -0.663. The Labute approximate surface area is 170 Å². The molecular formula is C22H26FN3O3. The lowest BCUT2D eigenvalue weighted by Gasteiger charge is -2.29. The number of anilines is 3. The highest BCUT2D eigenvalue weighted by Crippen LogP contribution is 2.38. The van der Waals surface area contributed by atoms with Gasteiger partial charge in [-0.05, 0) is 50.1 Å². The predicted octanol–water partition coefficient (Wildman–Crippen LogP) is 4.88. The summed E-state index contributed by atoms with van der Waals surface area (Å²) in [6.07, 6.45) is 0. The van der Waals surface area contributed by atoms with Crippen LogP contribution in [-0.2, 0) is 4.79 Å². The van der Waals surface area contributed by atoms with Crippen molar-refractivity contribution in [2.24, 2.45) is 11.3 Å². The number of benzene rings is 2. The number of urea groups is 1. The molecule has 1 aliphatic heterocycles. The first-order valence-corrected chi connectivity index (χ1v) is 9.59. The largest absolute Gasteiger partial charge is 0.490 e. The summed E-state index contributed by atoms with van der Waals surface area (Å²) in [6.45, 7) is 8.59. The monoisotopic (exact) mass is 399 g/mol. The smallest absolute Gasteiger partial charge is 0.323 e. The number of ether oxygens (including phenoxy) is 1. The minimum Gasteiger partial charge on any atom is -0.490 e. The second-order valence-corrected chi connectivity index (χ2v) is 8.22. The van der Waals surface area contributed by atoms with Crippen molar-refractivity contribution >= 4 is 29.0 Å². The molecule has 29 heavy (non-hydrogen) atoms. The van der Waals surface area contributed by atoms with Crippen LogP contribution in [0.2, 0.25) is 0 Å². The van der Waals surface area contributed by atoms with Crippen LogP contribution in [0, 0.1) is 17.2 Å². The van der Waals surface area contributed by atoms with Crippen molar-refractivity contribution in [3.8, 4) is 5.75 Å². The number of nitrogens with one attached hydrogen (secondary N) is 2. The molecule has 0 spiro atoms. The summed E-state index contributed by atoms with van der Waals surface area (Å²) in [5.41, 5.74) is 0.505. The Morgan fingerprint density at radius 1 is 1.21 bits per heavy atom. The zero-order valence-electron chi connectivity index (χ0n) is 17.1. The van der Waals surface area contributed by atoms with Crippen LogP contribution in [0.3, 0.4) is 0 Å². The molecule has 2 N–H and O–H groups in total. The van der Waals surface area contributed by atoms with Crippen LogP contribution in [0.1, 0.15) is 27.7 Å². The lowest BCUT2D eigenvalue weighted by atomic mass is 9.92. The summed E-state index contributed by atoms with van der Waals surface area (Å²) >= 11 is 0. The van der Waals surface area contributed by atoms with Gasteiger partial charge in [0.2, 0.25) is 5.91 Å². The molecule has 0 aliphatic carbocycles. The van der Waals surface area contributed by atoms with Gasteiger partial charge in [0, 0.05) is 12.2 Å². The third-order valence-electron chi connectivity index (χ3n) is 4.59. The van der Waals surface area contributed by atoms with Gasteiger partial charge >= 0.3 is 6.03 Å². The number of para-hydroxylation sites is 1. The Morgan fingerprint density at radius 3 is 2.62 bits per heavy atom. The van der Waals surface area contributed by atoms with Gasteiger partial charge in [-0.3, -0.25) is 4.79 Å². The molecule has 2 aromatic rings. The van der Waals surface area contributed by atoms with E-state index in [4.69, 9.17) is 4.74 Å². The molecule has 1 heterocycles. The first-order chi connectivity index (χ1) is 13.7. The summed E-state index contributed by atoms with van der Waals surface area (Å²) in [7, 11) is 0. The molecule has 0 fully saturated rings. The van der Waals surface area contributed by atoms with E-state index in [2.05, 4.69) is 10.6 Å². The molecule has 154 valence electrons. The van der Waals surface area contributed by atoms with E-state index in [1.165, 1.54) is 12.1 Å². The number of hydrogen-bond acceptors (Lipinski definition) is 3. The van der Waals surface area contributed by atoms with E-state index in [9.17, 15) is 14.0 Å². The van der Waals surface area contributed by atoms with Crippen molar-refractivity contribution in [2.75, 3.05) is 28.7 Å². The maximum atomic E-state index is 13.7. The first-order valence-electron chi connectivity index (χ1n) is 9.59. The Bertz CT molecular complexity index is 927. The molecule has 3 rings (SSSR count). The minimum absolute atomic E-state index is 0.0297. The van der Waals surface area contributed by atoms with Crippen molar-refractivity contribution in [1.82, 2.24) is 0 Å². The fourth-order valence-corrected chi connectivity index (χ4v) is 3.12. The van der Waals surface area contributed by atoms with Gasteiger partial charge in [0.25, 0.3) is 0 Å². The van der Waals surface area contributed by atoms with Crippen molar-refractivity contribution in [1.29, 1.82) is 0 Å². The highest BCUT2D eigenvalue weighted by atomic mass is 19.1. The average Bonchev–Trinajstić information content (AvgIpc) is 2.74. The van der Waals surface area contributed by atoms with Gasteiger partial charge in [-0.2, -0.15) is 0 Å². The SMILES string of the molecule is CC(C)CN1C(=O)C(C)(C)COc2ccc(NC(=O)Nc3ccccc3F)cc21. The normalized spacial score (nSPS) is 15.4. The Morgan fingerprint density at radius 2 is 1.93 bits per heavy atom. The molecular weight excluding hydrogens is 373 g/mol. The van der Waals surface area contributed by atoms with E-state index in [0.717, 1.165) is 0 Å². The fraction of sp³-hybridized carbons (Fsp3) is 0.364. The summed E-state index contributed by atoms with van der Waals surface area (Å²) in [4.78, 5) is 27.1. The summed E-state index contributed by atoms with van der Waals surface area (Å²) in [6, 6.07) is 10.5. The van der Waals surface area contributed by atoms with Crippen molar-refractivity contribution in [3.05, 3.63) is 48.3 Å². The third-order valence-corrected chi connectivity index (χ3v) is 4.59. The van der Waals surface area contributed by atoms with Crippen LogP contribution in [0.4, 0.5) is 26.2 Å². The number of amides is 3. The number of carbonyl (C=O) groups excluding carboxylic acids is 2. The Kier molecular flexibility index (Phi) is 5.77. The fourth-order valence-electron chi connectivity index (χ4n) is 3.12. The van der Waals surface area contributed by atoms with Crippen molar-refractivity contribution in [3.63, 3.8) is 0 Å². The van der Waals surface area contributed by atoms with E-state index in [-0.39, 0.29) is 24.1 Å². The van der Waals surface area contributed by atoms with E-state index in [1.807, 2.05) is 27.7 Å². The highest BCUT2D eigenvalue weighted by Gasteiger charge is 2.38. The maximum Gasteiger partial charge on any atom is 0.323 e. The molecule has 0 aromatic heterocycles. The van der Waals surface area contributed by atoms with Crippen LogP contribution in [0.5, 0.6) is 5.75 Å². The van der Waals surface area contributed by atoms with E-state index >= 15 is 0 Å². The van der Waals surface area contributed by atoms with E-state index < -0.39 is 17.3 Å². The summed E-state index contributed by atoms with van der Waals surface area (Å²) < 4.78 is 19.6. The number of halogens is 1. The van der Waals surface area contributed by atoms with E-state index in [0.29, 0.717) is 23.7 Å². The van der Waals surface area contributed by atoms with Gasteiger partial charge < -0.3 is 20.3 Å². The molecule has 0 radical (unpaired) electrons. The summed E-state index contributed by atoms with van der Waals surface area (Å²) in [5, 5.41) is 5.17. The average molecular weight is 399 g/mol. The molecule has 0 saturated heterocycles. The lowest BCUT2D eigenvalue weighted by molar-refractivity contribution is -0.127. The second kappa shape index (κ2) is 8.11. The third kappa shape index (κ3) is 4.67. The molecule has 2 aromatic carbocycles. The van der Waals surface area contributed by atoms with Crippen molar-refractivity contribution in [2.45, 2.75) is 27.7 Å². The molecule has 1 aliphatic rings. The van der Waals surface area contributed by atoms with Gasteiger partial charge in [0.05, 0.1) is 16.8 Å². The maximum absolute atomic E-state index is 13.7. The van der Waals surface area contributed by atoms with Crippen LogP contribution in [0.25, 0.3) is 0 Å². The summed E-state index contributed by atoms with van der Waals surface area (Å²) in [5.74, 6) is 0.290. The molecule has 0 atom stereocenters. The van der Waals surface area contributed by atoms with E-state index in [1.54, 1.807) is 35.2 Å². The molecule has 0 saturated carbocycles. The molecule has 0 bridgehead atoms. The number of hydrogen-bond donors (Lipinski definition) is 2. The Balaban J connectivity index is 1.86. The second-order valence-electron chi connectivity index (χ2n) is 8.22. The van der Waals surface area contributed by atoms with Gasteiger partial charge in [0.1, 0.15) is 18.2 Å². The first kappa shape index (κ1) is 20.6. The van der Waals surface area contributed by atoms with Gasteiger partial charge in [-0.15, -0.1) is 0 Å².